The van der Waals surface area contributed by atoms with E-state index in [9.17, 15) is 4.79 Å². The van der Waals surface area contributed by atoms with Crippen molar-refractivity contribution in [3.63, 3.8) is 0 Å². The maximum atomic E-state index is 11.1. The average molecular weight is 232 g/mol. The normalized spacial score (nSPS) is 18.9. The van der Waals surface area contributed by atoms with Crippen molar-refractivity contribution in [2.75, 3.05) is 13.1 Å². The van der Waals surface area contributed by atoms with Crippen molar-refractivity contribution in [3.05, 3.63) is 21.3 Å². The van der Waals surface area contributed by atoms with Gasteiger partial charge in [-0.05, 0) is 23.4 Å². The molecule has 1 aliphatic heterocycles. The van der Waals surface area contributed by atoms with Crippen molar-refractivity contribution < 1.29 is 9.90 Å². The van der Waals surface area contributed by atoms with Gasteiger partial charge in [0, 0.05) is 13.1 Å². The van der Waals surface area contributed by atoms with E-state index in [0.717, 1.165) is 5.56 Å². The third kappa shape index (κ3) is 1.54. The SMILES string of the molecule is O=C(O)C1(Cc2ccsc2Cl)CNC1. The van der Waals surface area contributed by atoms with Crippen molar-refractivity contribution in [1.82, 2.24) is 5.32 Å². The zero-order valence-electron chi connectivity index (χ0n) is 7.42. The topological polar surface area (TPSA) is 49.3 Å². The predicted octanol–water partition coefficient (Wildman–Crippen LogP) is 1.62. The van der Waals surface area contributed by atoms with Gasteiger partial charge in [0.05, 0.1) is 9.75 Å². The first kappa shape index (κ1) is 9.96. The standard InChI is InChI=1S/C9H10ClNO2S/c10-7-6(1-2-14-7)3-9(8(12)13)4-11-5-9/h1-2,11H,3-5H2,(H,12,13). The average Bonchev–Trinajstić information content (AvgIpc) is 2.43. The number of hydrogen-bond donors (Lipinski definition) is 2. The Kier molecular flexibility index (Phi) is 2.51. The summed E-state index contributed by atoms with van der Waals surface area (Å²) in [5.74, 6) is -0.737. The van der Waals surface area contributed by atoms with E-state index in [4.69, 9.17) is 16.7 Å². The maximum Gasteiger partial charge on any atom is 0.312 e. The van der Waals surface area contributed by atoms with Gasteiger partial charge in [-0.2, -0.15) is 0 Å². The highest BCUT2D eigenvalue weighted by Crippen LogP contribution is 2.33. The fourth-order valence-electron chi connectivity index (χ4n) is 1.59. The number of rotatable bonds is 3. The maximum absolute atomic E-state index is 11.1. The third-order valence-electron chi connectivity index (χ3n) is 2.60. The molecule has 14 heavy (non-hydrogen) atoms. The summed E-state index contributed by atoms with van der Waals surface area (Å²) in [5.41, 5.74) is 0.311. The first-order valence-corrected chi connectivity index (χ1v) is 5.56. The molecule has 1 aromatic rings. The van der Waals surface area contributed by atoms with Gasteiger partial charge in [-0.1, -0.05) is 11.6 Å². The molecule has 5 heteroatoms. The predicted molar refractivity (Wildman–Crippen MR) is 56.0 cm³/mol. The molecule has 1 fully saturated rings. The summed E-state index contributed by atoms with van der Waals surface area (Å²) in [4.78, 5) is 11.1. The summed E-state index contributed by atoms with van der Waals surface area (Å²) < 4.78 is 0.706. The molecule has 1 aromatic heterocycles. The Hall–Kier alpha value is -0.580. The van der Waals surface area contributed by atoms with Crippen LogP contribution >= 0.6 is 22.9 Å². The molecule has 0 saturated carbocycles. The van der Waals surface area contributed by atoms with E-state index in [1.54, 1.807) is 0 Å². The molecule has 0 atom stereocenters. The van der Waals surface area contributed by atoms with Crippen LogP contribution in [0, 0.1) is 5.41 Å². The molecule has 76 valence electrons. The van der Waals surface area contributed by atoms with E-state index < -0.39 is 11.4 Å². The molecule has 0 aromatic carbocycles. The van der Waals surface area contributed by atoms with Crippen LogP contribution in [-0.2, 0) is 11.2 Å². The van der Waals surface area contributed by atoms with Crippen molar-refractivity contribution in [3.8, 4) is 0 Å². The Balaban J connectivity index is 2.17. The van der Waals surface area contributed by atoms with Crippen LogP contribution in [0.2, 0.25) is 4.34 Å². The Morgan fingerprint density at radius 3 is 2.79 bits per heavy atom. The van der Waals surface area contributed by atoms with Gasteiger partial charge < -0.3 is 10.4 Å². The van der Waals surface area contributed by atoms with Crippen molar-refractivity contribution in [1.29, 1.82) is 0 Å². The van der Waals surface area contributed by atoms with Crippen molar-refractivity contribution in [2.45, 2.75) is 6.42 Å². The van der Waals surface area contributed by atoms with E-state index in [0.29, 0.717) is 23.8 Å². The van der Waals surface area contributed by atoms with E-state index in [1.807, 2.05) is 11.4 Å². The molecular weight excluding hydrogens is 222 g/mol. The lowest BCUT2D eigenvalue weighted by Gasteiger charge is -2.38. The minimum absolute atomic E-state index is 0.525. The second-order valence-corrected chi connectivity index (χ2v) is 5.10. The summed E-state index contributed by atoms with van der Waals surface area (Å²) in [7, 11) is 0. The molecule has 0 amide bonds. The Bertz CT molecular complexity index is 359. The van der Waals surface area contributed by atoms with Gasteiger partial charge in [0.25, 0.3) is 0 Å². The highest BCUT2D eigenvalue weighted by Gasteiger charge is 2.44. The van der Waals surface area contributed by atoms with Gasteiger partial charge in [-0.3, -0.25) is 4.79 Å². The van der Waals surface area contributed by atoms with Crippen LogP contribution in [0.15, 0.2) is 11.4 Å². The molecule has 2 heterocycles. The number of carbonyl (C=O) groups is 1. The second-order valence-electron chi connectivity index (χ2n) is 3.59. The van der Waals surface area contributed by atoms with E-state index >= 15 is 0 Å². The Morgan fingerprint density at radius 2 is 2.43 bits per heavy atom. The van der Waals surface area contributed by atoms with Gasteiger partial charge in [0.15, 0.2) is 0 Å². The van der Waals surface area contributed by atoms with E-state index in [1.165, 1.54) is 11.3 Å². The number of nitrogens with one attached hydrogen (secondary N) is 1. The van der Waals surface area contributed by atoms with Gasteiger partial charge >= 0.3 is 5.97 Å². The molecule has 0 unspecified atom stereocenters. The summed E-state index contributed by atoms with van der Waals surface area (Å²) in [6, 6.07) is 1.90. The highest BCUT2D eigenvalue weighted by molar-refractivity contribution is 7.14. The summed E-state index contributed by atoms with van der Waals surface area (Å²) in [6.07, 6.45) is 0.525. The van der Waals surface area contributed by atoms with Gasteiger partial charge in [-0.25, -0.2) is 0 Å². The highest BCUT2D eigenvalue weighted by atomic mass is 35.5. The van der Waals surface area contributed by atoms with Crippen molar-refractivity contribution in [2.24, 2.45) is 5.41 Å². The number of aliphatic carboxylic acids is 1. The monoisotopic (exact) mass is 231 g/mol. The largest absolute Gasteiger partial charge is 0.481 e. The summed E-state index contributed by atoms with van der Waals surface area (Å²) >= 11 is 7.38. The van der Waals surface area contributed by atoms with Crippen LogP contribution in [-0.4, -0.2) is 24.2 Å². The van der Waals surface area contributed by atoms with E-state index in [2.05, 4.69) is 5.32 Å². The fourth-order valence-corrected chi connectivity index (χ4v) is 2.52. The molecule has 0 spiro atoms. The molecule has 2 rings (SSSR count). The second kappa shape index (κ2) is 3.53. The van der Waals surface area contributed by atoms with Crippen LogP contribution in [0.5, 0.6) is 0 Å². The van der Waals surface area contributed by atoms with Gasteiger partial charge in [0.1, 0.15) is 0 Å². The fraction of sp³-hybridized carbons (Fsp3) is 0.444. The smallest absolute Gasteiger partial charge is 0.312 e. The molecule has 0 aliphatic carbocycles. The number of carboxylic acids is 1. The van der Waals surface area contributed by atoms with Crippen LogP contribution in [0.25, 0.3) is 0 Å². The Labute approximate surface area is 90.7 Å². The van der Waals surface area contributed by atoms with Gasteiger partial charge in [-0.15, -0.1) is 11.3 Å². The molecule has 3 nitrogen and oxygen atoms in total. The lowest BCUT2D eigenvalue weighted by molar-refractivity contribution is -0.152. The molecular formula is C9H10ClNO2S. The molecule has 2 N–H and O–H groups in total. The number of carboxylic acid groups (broad SMARTS) is 1. The quantitative estimate of drug-likeness (QED) is 0.831. The summed E-state index contributed by atoms with van der Waals surface area (Å²) in [6.45, 7) is 1.07. The van der Waals surface area contributed by atoms with Crippen molar-refractivity contribution >= 4 is 28.9 Å². The lowest BCUT2D eigenvalue weighted by Crippen LogP contribution is -2.59. The van der Waals surface area contributed by atoms with Crippen LogP contribution in [0.1, 0.15) is 5.56 Å². The van der Waals surface area contributed by atoms with E-state index in [-0.39, 0.29) is 0 Å². The lowest BCUT2D eigenvalue weighted by atomic mass is 9.77. The summed E-state index contributed by atoms with van der Waals surface area (Å²) in [5, 5.41) is 14.0. The molecule has 1 saturated heterocycles. The first-order chi connectivity index (χ1) is 6.64. The van der Waals surface area contributed by atoms with Crippen LogP contribution in [0.3, 0.4) is 0 Å². The number of hydrogen-bond acceptors (Lipinski definition) is 3. The number of thiophene rings is 1. The first-order valence-electron chi connectivity index (χ1n) is 4.30. The molecule has 0 bridgehead atoms. The Morgan fingerprint density at radius 1 is 1.71 bits per heavy atom. The zero-order chi connectivity index (χ0) is 10.2. The molecule has 0 radical (unpaired) electrons. The van der Waals surface area contributed by atoms with Crippen LogP contribution in [0.4, 0.5) is 0 Å². The third-order valence-corrected chi connectivity index (χ3v) is 3.85. The van der Waals surface area contributed by atoms with Gasteiger partial charge in [0.2, 0.25) is 0 Å². The number of halogens is 1. The minimum Gasteiger partial charge on any atom is -0.481 e. The zero-order valence-corrected chi connectivity index (χ0v) is 8.99. The molecule has 1 aliphatic rings. The van der Waals surface area contributed by atoms with Crippen LogP contribution < -0.4 is 5.32 Å². The minimum atomic E-state index is -0.737.